The minimum Gasteiger partial charge on any atom is -0.305 e. The lowest BCUT2D eigenvalue weighted by Gasteiger charge is -2.09. The summed E-state index contributed by atoms with van der Waals surface area (Å²) >= 11 is 0.719. The van der Waals surface area contributed by atoms with Crippen molar-refractivity contribution in [2.75, 3.05) is 5.32 Å². The highest BCUT2D eigenvalue weighted by molar-refractivity contribution is 7.17. The number of fused-ring (bicyclic) bond motifs is 1. The molecule has 2 aromatic carbocycles. The number of nitrogens with zero attached hydrogens (tertiary/aromatic N) is 5. The Balaban J connectivity index is 1.64. The molecule has 0 aliphatic rings. The zero-order valence-electron chi connectivity index (χ0n) is 17.0. The Kier molecular flexibility index (Phi) is 5.26. The van der Waals surface area contributed by atoms with E-state index in [-0.39, 0.29) is 27.2 Å². The van der Waals surface area contributed by atoms with E-state index in [9.17, 15) is 23.7 Å². The van der Waals surface area contributed by atoms with E-state index in [0.717, 1.165) is 11.3 Å². The van der Waals surface area contributed by atoms with Crippen molar-refractivity contribution >= 4 is 39.1 Å². The van der Waals surface area contributed by atoms with Gasteiger partial charge in [0.25, 0.3) is 5.91 Å². The number of rotatable bonds is 5. The molecule has 0 aliphatic heterocycles. The molecule has 12 heteroatoms. The van der Waals surface area contributed by atoms with Gasteiger partial charge in [-0.2, -0.15) is 5.10 Å². The Labute approximate surface area is 193 Å². The van der Waals surface area contributed by atoms with Crippen LogP contribution in [0.1, 0.15) is 9.67 Å². The standard InChI is InChI=1S/C22H12F2N6O3S/c23-13-4-6-15(7-5-13)29-21-16(11-25-29)20(26-19(27-21)12-2-1-3-14(24)10-12)28-22(31)17-8-9-18(34-17)30(32)33/h1-11H,(H,26,27,28,31). The van der Waals surface area contributed by atoms with Crippen LogP contribution in [-0.4, -0.2) is 30.6 Å². The first-order valence-corrected chi connectivity index (χ1v) is 10.5. The van der Waals surface area contributed by atoms with E-state index in [1.54, 1.807) is 6.07 Å². The van der Waals surface area contributed by atoms with Gasteiger partial charge in [-0.3, -0.25) is 14.9 Å². The van der Waals surface area contributed by atoms with Crippen molar-refractivity contribution in [1.82, 2.24) is 19.7 Å². The molecular weight excluding hydrogens is 466 g/mol. The number of nitro groups is 1. The number of hydrogen-bond acceptors (Lipinski definition) is 7. The van der Waals surface area contributed by atoms with Crippen molar-refractivity contribution in [3.8, 4) is 17.1 Å². The van der Waals surface area contributed by atoms with Crippen molar-refractivity contribution in [3.05, 3.63) is 93.5 Å². The number of thiophene rings is 1. The molecule has 9 nitrogen and oxygen atoms in total. The minimum atomic E-state index is -0.613. The number of nitrogens with one attached hydrogen (secondary N) is 1. The van der Waals surface area contributed by atoms with Crippen LogP contribution in [0.25, 0.3) is 28.1 Å². The molecule has 168 valence electrons. The molecule has 1 amide bonds. The number of benzene rings is 2. The van der Waals surface area contributed by atoms with Crippen LogP contribution in [0.15, 0.2) is 66.9 Å². The molecule has 0 saturated carbocycles. The van der Waals surface area contributed by atoms with E-state index < -0.39 is 22.5 Å². The Morgan fingerprint density at radius 2 is 1.82 bits per heavy atom. The molecule has 0 spiro atoms. The highest BCUT2D eigenvalue weighted by Crippen LogP contribution is 2.29. The number of halogens is 2. The third-order valence-electron chi connectivity index (χ3n) is 4.81. The number of amides is 1. The summed E-state index contributed by atoms with van der Waals surface area (Å²) in [5.74, 6) is -1.34. The topological polar surface area (TPSA) is 116 Å². The summed E-state index contributed by atoms with van der Waals surface area (Å²) in [6.45, 7) is 0. The van der Waals surface area contributed by atoms with Crippen LogP contribution in [0.4, 0.5) is 19.6 Å². The molecule has 5 aromatic rings. The second-order valence-electron chi connectivity index (χ2n) is 7.03. The third kappa shape index (κ3) is 3.97. The van der Waals surface area contributed by atoms with E-state index in [1.165, 1.54) is 65.5 Å². The van der Waals surface area contributed by atoms with Crippen LogP contribution in [0.2, 0.25) is 0 Å². The summed E-state index contributed by atoms with van der Waals surface area (Å²) < 4.78 is 28.7. The van der Waals surface area contributed by atoms with Gasteiger partial charge in [0.1, 0.15) is 17.5 Å². The van der Waals surface area contributed by atoms with Crippen LogP contribution in [-0.2, 0) is 0 Å². The Morgan fingerprint density at radius 3 is 2.53 bits per heavy atom. The molecule has 0 atom stereocenters. The van der Waals surface area contributed by atoms with Crippen LogP contribution >= 0.6 is 11.3 Å². The molecule has 0 aliphatic carbocycles. The molecule has 0 fully saturated rings. The SMILES string of the molecule is O=C(Nc1nc(-c2cccc(F)c2)nc2c1cnn2-c1ccc(F)cc1)c1ccc([N+](=O)[O-])s1. The van der Waals surface area contributed by atoms with Gasteiger partial charge in [-0.25, -0.2) is 23.4 Å². The molecule has 0 radical (unpaired) electrons. The van der Waals surface area contributed by atoms with E-state index in [4.69, 9.17) is 0 Å². The molecule has 34 heavy (non-hydrogen) atoms. The summed E-state index contributed by atoms with van der Waals surface area (Å²) in [6.07, 6.45) is 1.43. The molecule has 0 unspecified atom stereocenters. The molecule has 5 rings (SSSR count). The maximum atomic E-state index is 13.9. The van der Waals surface area contributed by atoms with Gasteiger partial charge < -0.3 is 5.32 Å². The lowest BCUT2D eigenvalue weighted by molar-refractivity contribution is -0.380. The number of carbonyl (C=O) groups excluding carboxylic acids is 1. The fourth-order valence-corrected chi connectivity index (χ4v) is 3.96. The van der Waals surface area contributed by atoms with Crippen molar-refractivity contribution < 1.29 is 18.5 Å². The normalized spacial score (nSPS) is 11.0. The quantitative estimate of drug-likeness (QED) is 0.281. The highest BCUT2D eigenvalue weighted by atomic mass is 32.1. The van der Waals surface area contributed by atoms with Gasteiger partial charge >= 0.3 is 5.00 Å². The van der Waals surface area contributed by atoms with Gasteiger partial charge in [-0.05, 0) is 42.5 Å². The monoisotopic (exact) mass is 478 g/mol. The Bertz CT molecular complexity index is 1560. The fraction of sp³-hybridized carbons (Fsp3) is 0. The molecular formula is C22H12F2N6O3S. The molecule has 3 heterocycles. The van der Waals surface area contributed by atoms with Gasteiger partial charge in [0.15, 0.2) is 11.5 Å². The van der Waals surface area contributed by atoms with E-state index in [1.807, 2.05) is 0 Å². The molecule has 0 bridgehead atoms. The molecule has 3 aromatic heterocycles. The molecule has 1 N–H and O–H groups in total. The van der Waals surface area contributed by atoms with Crippen molar-refractivity contribution in [3.63, 3.8) is 0 Å². The first-order chi connectivity index (χ1) is 16.4. The summed E-state index contributed by atoms with van der Waals surface area (Å²) in [5, 5.41) is 18.1. The highest BCUT2D eigenvalue weighted by Gasteiger charge is 2.20. The number of carbonyl (C=O) groups is 1. The predicted octanol–water partition coefficient (Wildman–Crippen LogP) is 4.98. The summed E-state index contributed by atoms with van der Waals surface area (Å²) in [5.41, 5.74) is 1.15. The summed E-state index contributed by atoms with van der Waals surface area (Å²) in [4.78, 5) is 32.2. The van der Waals surface area contributed by atoms with E-state index in [0.29, 0.717) is 16.6 Å². The first-order valence-electron chi connectivity index (χ1n) is 9.72. The van der Waals surface area contributed by atoms with Crippen LogP contribution in [0, 0.1) is 21.7 Å². The lowest BCUT2D eigenvalue weighted by atomic mass is 10.2. The van der Waals surface area contributed by atoms with Gasteiger partial charge in [0, 0.05) is 11.6 Å². The number of hydrogen-bond donors (Lipinski definition) is 1. The van der Waals surface area contributed by atoms with Crippen LogP contribution < -0.4 is 5.32 Å². The molecule has 0 saturated heterocycles. The van der Waals surface area contributed by atoms with Gasteiger partial charge in [0.05, 0.1) is 27.1 Å². The van der Waals surface area contributed by atoms with Gasteiger partial charge in [0.2, 0.25) is 0 Å². The maximum Gasteiger partial charge on any atom is 0.324 e. The van der Waals surface area contributed by atoms with Crippen molar-refractivity contribution in [2.45, 2.75) is 0 Å². The van der Waals surface area contributed by atoms with Gasteiger partial charge in [-0.15, -0.1) is 0 Å². The fourth-order valence-electron chi connectivity index (χ4n) is 3.25. The van der Waals surface area contributed by atoms with E-state index in [2.05, 4.69) is 20.4 Å². The van der Waals surface area contributed by atoms with E-state index >= 15 is 0 Å². The van der Waals surface area contributed by atoms with Crippen LogP contribution in [0.3, 0.4) is 0 Å². The predicted molar refractivity (Wildman–Crippen MR) is 121 cm³/mol. The maximum absolute atomic E-state index is 13.9. The third-order valence-corrected chi connectivity index (χ3v) is 5.85. The average molecular weight is 478 g/mol. The van der Waals surface area contributed by atoms with Crippen molar-refractivity contribution in [2.24, 2.45) is 0 Å². The first kappa shape index (κ1) is 21.3. The Hall–Kier alpha value is -4.58. The average Bonchev–Trinajstić information content (AvgIpc) is 3.48. The van der Waals surface area contributed by atoms with Gasteiger partial charge in [-0.1, -0.05) is 23.5 Å². The second kappa shape index (κ2) is 8.41. The minimum absolute atomic E-state index is 0.0821. The summed E-state index contributed by atoms with van der Waals surface area (Å²) in [7, 11) is 0. The smallest absolute Gasteiger partial charge is 0.305 e. The zero-order valence-corrected chi connectivity index (χ0v) is 17.8. The second-order valence-corrected chi connectivity index (χ2v) is 8.09. The lowest BCUT2D eigenvalue weighted by Crippen LogP contribution is -2.12. The van der Waals surface area contributed by atoms with Crippen molar-refractivity contribution in [1.29, 1.82) is 0 Å². The zero-order chi connectivity index (χ0) is 23.8. The number of aromatic nitrogens is 4. The largest absolute Gasteiger partial charge is 0.324 e. The van der Waals surface area contributed by atoms with Crippen LogP contribution in [0.5, 0.6) is 0 Å². The summed E-state index contributed by atoms with van der Waals surface area (Å²) in [6, 6.07) is 13.8. The Morgan fingerprint density at radius 1 is 1.03 bits per heavy atom. The number of anilines is 1.